The molecule has 3 heteroatoms. The van der Waals surface area contributed by atoms with E-state index in [2.05, 4.69) is 61.5 Å². The van der Waals surface area contributed by atoms with Gasteiger partial charge >= 0.3 is 0 Å². The van der Waals surface area contributed by atoms with E-state index in [1.54, 1.807) is 0 Å². The fraction of sp³-hybridized carbons (Fsp3) is 0.500. The molecule has 0 saturated carbocycles. The molecule has 1 aromatic carbocycles. The Balaban J connectivity index is 2.09. The lowest BCUT2D eigenvalue weighted by atomic mass is 9.98. The van der Waals surface area contributed by atoms with E-state index in [4.69, 9.17) is 0 Å². The Hall–Kier alpha value is -1.61. The molecule has 1 unspecified atom stereocenters. The zero-order valence-corrected chi connectivity index (χ0v) is 13.7. The number of nitrogens with zero attached hydrogens (tertiary/aromatic N) is 2. The van der Waals surface area contributed by atoms with E-state index in [1.165, 1.54) is 16.8 Å². The summed E-state index contributed by atoms with van der Waals surface area (Å²) < 4.78 is 1.99. The maximum atomic E-state index is 4.52. The molecule has 1 atom stereocenters. The number of hydrogen-bond acceptors (Lipinski definition) is 2. The molecule has 0 bridgehead atoms. The van der Waals surface area contributed by atoms with Gasteiger partial charge in [0, 0.05) is 18.8 Å². The van der Waals surface area contributed by atoms with Gasteiger partial charge in [0.2, 0.25) is 0 Å². The lowest BCUT2D eigenvalue weighted by molar-refractivity contribution is 0.498. The zero-order valence-electron chi connectivity index (χ0n) is 13.7. The van der Waals surface area contributed by atoms with Crippen LogP contribution in [0.25, 0.3) is 0 Å². The lowest BCUT2D eigenvalue weighted by Crippen LogP contribution is -2.22. The van der Waals surface area contributed by atoms with Crippen molar-refractivity contribution in [2.45, 2.75) is 46.1 Å². The molecule has 1 aromatic heterocycles. The average Bonchev–Trinajstić information content (AvgIpc) is 2.74. The number of rotatable bonds is 7. The Kier molecular flexibility index (Phi) is 5.57. The smallest absolute Gasteiger partial charge is 0.0628 e. The van der Waals surface area contributed by atoms with Crippen LogP contribution in [0.3, 0.4) is 0 Å². The van der Waals surface area contributed by atoms with Crippen LogP contribution in [0, 0.1) is 13.8 Å². The van der Waals surface area contributed by atoms with Gasteiger partial charge in [0.1, 0.15) is 0 Å². The number of aromatic nitrogens is 2. The molecule has 3 nitrogen and oxygen atoms in total. The van der Waals surface area contributed by atoms with E-state index >= 15 is 0 Å². The van der Waals surface area contributed by atoms with E-state index in [9.17, 15) is 0 Å². The summed E-state index contributed by atoms with van der Waals surface area (Å²) in [7, 11) is 2.02. The minimum Gasteiger partial charge on any atom is -0.310 e. The molecule has 1 heterocycles. The molecule has 2 aromatic rings. The standard InChI is InChI=1S/C18H27N3/c1-5-13-19-18(16-9-7-6-8-10-16)12-11-17-14(2)20-21(4)15(17)3/h6-10,18-19H,5,11-13H2,1-4H3. The van der Waals surface area contributed by atoms with Crippen molar-refractivity contribution >= 4 is 0 Å². The maximum absolute atomic E-state index is 4.52. The second kappa shape index (κ2) is 7.41. The van der Waals surface area contributed by atoms with Gasteiger partial charge in [-0.2, -0.15) is 5.10 Å². The Morgan fingerprint density at radius 2 is 1.90 bits per heavy atom. The van der Waals surface area contributed by atoms with Crippen LogP contribution in [-0.2, 0) is 13.5 Å². The second-order valence-electron chi connectivity index (χ2n) is 5.73. The molecular weight excluding hydrogens is 258 g/mol. The van der Waals surface area contributed by atoms with Crippen LogP contribution in [0.15, 0.2) is 30.3 Å². The highest BCUT2D eigenvalue weighted by Gasteiger charge is 2.14. The van der Waals surface area contributed by atoms with Crippen molar-refractivity contribution in [3.8, 4) is 0 Å². The van der Waals surface area contributed by atoms with Crippen molar-refractivity contribution in [1.29, 1.82) is 0 Å². The van der Waals surface area contributed by atoms with E-state index in [0.717, 1.165) is 31.5 Å². The van der Waals surface area contributed by atoms with Crippen molar-refractivity contribution in [1.82, 2.24) is 15.1 Å². The topological polar surface area (TPSA) is 29.9 Å². The molecule has 0 fully saturated rings. The van der Waals surface area contributed by atoms with Gasteiger partial charge in [0.25, 0.3) is 0 Å². The summed E-state index contributed by atoms with van der Waals surface area (Å²) in [6.45, 7) is 7.54. The lowest BCUT2D eigenvalue weighted by Gasteiger charge is -2.19. The molecule has 21 heavy (non-hydrogen) atoms. The maximum Gasteiger partial charge on any atom is 0.0628 e. The molecule has 0 amide bonds. The van der Waals surface area contributed by atoms with Crippen LogP contribution in [0.5, 0.6) is 0 Å². The van der Waals surface area contributed by atoms with Crippen molar-refractivity contribution in [3.05, 3.63) is 52.8 Å². The first kappa shape index (κ1) is 15.8. The first-order valence-corrected chi connectivity index (χ1v) is 7.90. The number of nitrogens with one attached hydrogen (secondary N) is 1. The third-order valence-electron chi connectivity index (χ3n) is 4.18. The monoisotopic (exact) mass is 285 g/mol. The minimum atomic E-state index is 0.421. The molecule has 0 spiro atoms. The highest BCUT2D eigenvalue weighted by molar-refractivity contribution is 5.25. The van der Waals surface area contributed by atoms with Gasteiger partial charge in [-0.15, -0.1) is 0 Å². The summed E-state index contributed by atoms with van der Waals surface area (Å²) in [4.78, 5) is 0. The fourth-order valence-electron chi connectivity index (χ4n) is 2.86. The van der Waals surface area contributed by atoms with Crippen LogP contribution < -0.4 is 5.32 Å². The van der Waals surface area contributed by atoms with Crippen LogP contribution in [0.4, 0.5) is 0 Å². The van der Waals surface area contributed by atoms with E-state index in [0.29, 0.717) is 6.04 Å². The van der Waals surface area contributed by atoms with Crippen molar-refractivity contribution in [2.24, 2.45) is 7.05 Å². The molecule has 1 N–H and O–H groups in total. The van der Waals surface area contributed by atoms with Crippen molar-refractivity contribution in [3.63, 3.8) is 0 Å². The highest BCUT2D eigenvalue weighted by Crippen LogP contribution is 2.22. The molecule has 114 valence electrons. The Bertz CT molecular complexity index is 557. The van der Waals surface area contributed by atoms with Gasteiger partial charge in [-0.05, 0) is 50.8 Å². The molecule has 0 aliphatic rings. The molecular formula is C18H27N3. The largest absolute Gasteiger partial charge is 0.310 e. The Morgan fingerprint density at radius 3 is 2.48 bits per heavy atom. The van der Waals surface area contributed by atoms with E-state index < -0.39 is 0 Å². The average molecular weight is 285 g/mol. The minimum absolute atomic E-state index is 0.421. The zero-order chi connectivity index (χ0) is 15.2. The van der Waals surface area contributed by atoms with Crippen LogP contribution in [0.1, 0.15) is 48.3 Å². The molecule has 0 radical (unpaired) electrons. The first-order chi connectivity index (χ1) is 10.1. The van der Waals surface area contributed by atoms with Gasteiger partial charge in [-0.25, -0.2) is 0 Å². The highest BCUT2D eigenvalue weighted by atomic mass is 15.3. The van der Waals surface area contributed by atoms with Crippen LogP contribution >= 0.6 is 0 Å². The third-order valence-corrected chi connectivity index (χ3v) is 4.18. The Labute approximate surface area is 128 Å². The normalized spacial score (nSPS) is 12.6. The SMILES string of the molecule is CCCNC(CCc1c(C)nn(C)c1C)c1ccccc1. The van der Waals surface area contributed by atoms with E-state index in [1.807, 2.05) is 11.7 Å². The molecule has 0 aliphatic carbocycles. The van der Waals surface area contributed by atoms with Gasteiger partial charge in [0.15, 0.2) is 0 Å². The summed E-state index contributed by atoms with van der Waals surface area (Å²) in [5, 5.41) is 8.19. The van der Waals surface area contributed by atoms with Crippen molar-refractivity contribution < 1.29 is 0 Å². The fourth-order valence-corrected chi connectivity index (χ4v) is 2.86. The van der Waals surface area contributed by atoms with Gasteiger partial charge in [-0.1, -0.05) is 37.3 Å². The third kappa shape index (κ3) is 3.94. The molecule has 0 aliphatic heterocycles. The van der Waals surface area contributed by atoms with Crippen LogP contribution in [0.2, 0.25) is 0 Å². The predicted octanol–water partition coefficient (Wildman–Crippen LogP) is 3.71. The first-order valence-electron chi connectivity index (χ1n) is 7.90. The number of hydrogen-bond donors (Lipinski definition) is 1. The summed E-state index contributed by atoms with van der Waals surface area (Å²) in [6.07, 6.45) is 3.34. The summed E-state index contributed by atoms with van der Waals surface area (Å²) >= 11 is 0. The molecule has 2 rings (SSSR count). The van der Waals surface area contributed by atoms with Gasteiger partial charge in [0.05, 0.1) is 5.69 Å². The van der Waals surface area contributed by atoms with Gasteiger partial charge in [-0.3, -0.25) is 4.68 Å². The second-order valence-corrected chi connectivity index (χ2v) is 5.73. The van der Waals surface area contributed by atoms with E-state index in [-0.39, 0.29) is 0 Å². The summed E-state index contributed by atoms with van der Waals surface area (Å²) in [5.74, 6) is 0. The molecule has 0 saturated heterocycles. The number of aryl methyl sites for hydroxylation is 2. The van der Waals surface area contributed by atoms with Crippen LogP contribution in [-0.4, -0.2) is 16.3 Å². The summed E-state index contributed by atoms with van der Waals surface area (Å²) in [6, 6.07) is 11.2. The Morgan fingerprint density at radius 1 is 1.19 bits per heavy atom. The van der Waals surface area contributed by atoms with Crippen molar-refractivity contribution in [2.75, 3.05) is 6.54 Å². The quantitative estimate of drug-likeness (QED) is 0.840. The van der Waals surface area contributed by atoms with Gasteiger partial charge < -0.3 is 5.32 Å². The summed E-state index contributed by atoms with van der Waals surface area (Å²) in [5.41, 5.74) is 5.23. The predicted molar refractivity (Wildman–Crippen MR) is 88.5 cm³/mol. The number of benzene rings is 1.